The van der Waals surface area contributed by atoms with Crippen LogP contribution in [0.2, 0.25) is 0 Å². The third-order valence-electron chi connectivity index (χ3n) is 4.30. The molecule has 0 aromatic carbocycles. The van der Waals surface area contributed by atoms with Crippen LogP contribution >= 0.6 is 0 Å². The van der Waals surface area contributed by atoms with E-state index in [9.17, 15) is 13.2 Å². The SMILES string of the molecule is COc1ccc(-c2cnc(NC(C)=O)cc2Nc2nc(S(C)(=O)=O)cc3c2OCO3)nn1. The van der Waals surface area contributed by atoms with Crippen molar-refractivity contribution in [3.63, 3.8) is 0 Å². The highest BCUT2D eigenvalue weighted by Crippen LogP contribution is 2.42. The summed E-state index contributed by atoms with van der Waals surface area (Å²) in [7, 11) is -2.15. The monoisotopic (exact) mass is 458 g/mol. The highest BCUT2D eigenvalue weighted by atomic mass is 32.2. The van der Waals surface area contributed by atoms with Gasteiger partial charge in [0.2, 0.25) is 24.3 Å². The lowest BCUT2D eigenvalue weighted by molar-refractivity contribution is -0.114. The summed E-state index contributed by atoms with van der Waals surface area (Å²) in [5, 5.41) is 13.6. The zero-order valence-electron chi connectivity index (χ0n) is 17.2. The minimum atomic E-state index is -3.63. The minimum Gasteiger partial charge on any atom is -0.480 e. The number of ether oxygens (including phenoxy) is 3. The van der Waals surface area contributed by atoms with E-state index in [-0.39, 0.29) is 40.9 Å². The van der Waals surface area contributed by atoms with E-state index in [0.717, 1.165) is 6.26 Å². The number of hydrogen-bond donors (Lipinski definition) is 2. The molecule has 0 atom stereocenters. The molecule has 0 saturated heterocycles. The van der Waals surface area contributed by atoms with Gasteiger partial charge in [0.15, 0.2) is 26.4 Å². The highest BCUT2D eigenvalue weighted by Gasteiger charge is 2.25. The summed E-state index contributed by atoms with van der Waals surface area (Å²) in [6, 6.07) is 6.16. The molecule has 12 nitrogen and oxygen atoms in total. The van der Waals surface area contributed by atoms with Crippen LogP contribution in [0.15, 0.2) is 35.5 Å². The maximum atomic E-state index is 12.1. The molecule has 166 valence electrons. The summed E-state index contributed by atoms with van der Waals surface area (Å²) in [4.78, 5) is 19.9. The van der Waals surface area contributed by atoms with Gasteiger partial charge in [-0.15, -0.1) is 10.2 Å². The van der Waals surface area contributed by atoms with E-state index in [1.165, 1.54) is 26.3 Å². The van der Waals surface area contributed by atoms with Crippen molar-refractivity contribution >= 4 is 33.1 Å². The second-order valence-electron chi connectivity index (χ2n) is 6.70. The molecule has 0 fully saturated rings. The number of aromatic nitrogens is 4. The van der Waals surface area contributed by atoms with Crippen LogP contribution in [0.4, 0.5) is 17.3 Å². The molecular formula is C19H18N6O6S. The summed E-state index contributed by atoms with van der Waals surface area (Å²) in [5.74, 6) is 0.889. The number of methoxy groups -OCH3 is 1. The van der Waals surface area contributed by atoms with E-state index >= 15 is 0 Å². The van der Waals surface area contributed by atoms with E-state index in [1.807, 2.05) is 0 Å². The maximum absolute atomic E-state index is 12.1. The Kier molecular flexibility index (Phi) is 5.48. The van der Waals surface area contributed by atoms with Crippen molar-refractivity contribution in [2.75, 3.05) is 30.8 Å². The second-order valence-corrected chi connectivity index (χ2v) is 8.66. The fourth-order valence-corrected chi connectivity index (χ4v) is 3.45. The molecule has 4 rings (SSSR count). The lowest BCUT2D eigenvalue weighted by atomic mass is 10.1. The lowest BCUT2D eigenvalue weighted by Gasteiger charge is -2.14. The van der Waals surface area contributed by atoms with Gasteiger partial charge in [0.25, 0.3) is 0 Å². The Labute approximate surface area is 182 Å². The average molecular weight is 458 g/mol. The third-order valence-corrected chi connectivity index (χ3v) is 5.27. The van der Waals surface area contributed by atoms with Crippen molar-refractivity contribution in [1.82, 2.24) is 20.2 Å². The number of rotatable bonds is 6. The fraction of sp³-hybridized carbons (Fsp3) is 0.211. The number of carbonyl (C=O) groups is 1. The molecule has 3 aromatic rings. The minimum absolute atomic E-state index is 0.0802. The van der Waals surface area contributed by atoms with Crippen LogP contribution in [0.3, 0.4) is 0 Å². The number of carbonyl (C=O) groups excluding carboxylic acids is 1. The molecule has 1 amide bonds. The van der Waals surface area contributed by atoms with Crippen LogP contribution in [0.5, 0.6) is 17.4 Å². The van der Waals surface area contributed by atoms with Gasteiger partial charge in [0.1, 0.15) is 5.82 Å². The van der Waals surface area contributed by atoms with Gasteiger partial charge in [0, 0.05) is 43.1 Å². The van der Waals surface area contributed by atoms with Crippen molar-refractivity contribution < 1.29 is 27.4 Å². The Morgan fingerprint density at radius 3 is 2.66 bits per heavy atom. The smallest absolute Gasteiger partial charge is 0.233 e. The van der Waals surface area contributed by atoms with Crippen molar-refractivity contribution in [3.05, 3.63) is 30.5 Å². The largest absolute Gasteiger partial charge is 0.480 e. The molecule has 0 spiro atoms. The van der Waals surface area contributed by atoms with Crippen LogP contribution in [-0.4, -0.2) is 54.6 Å². The van der Waals surface area contributed by atoms with Crippen LogP contribution in [0, 0.1) is 0 Å². The first-order chi connectivity index (χ1) is 15.2. The van der Waals surface area contributed by atoms with Crippen LogP contribution in [-0.2, 0) is 14.6 Å². The van der Waals surface area contributed by atoms with Crippen LogP contribution in [0.25, 0.3) is 11.3 Å². The number of anilines is 3. The molecule has 0 bridgehead atoms. The van der Waals surface area contributed by atoms with E-state index in [2.05, 4.69) is 30.8 Å². The predicted octanol–water partition coefficient (Wildman–Crippen LogP) is 1.78. The second kappa shape index (κ2) is 8.26. The summed E-state index contributed by atoms with van der Waals surface area (Å²) >= 11 is 0. The van der Waals surface area contributed by atoms with Crippen molar-refractivity contribution in [2.24, 2.45) is 0 Å². The normalized spacial score (nSPS) is 12.3. The molecule has 0 unspecified atom stereocenters. The summed E-state index contributed by atoms with van der Waals surface area (Å²) < 4.78 is 40.0. The molecule has 1 aliphatic heterocycles. The maximum Gasteiger partial charge on any atom is 0.233 e. The highest BCUT2D eigenvalue weighted by molar-refractivity contribution is 7.90. The molecule has 3 aromatic heterocycles. The molecule has 4 heterocycles. The van der Waals surface area contributed by atoms with E-state index in [0.29, 0.717) is 22.8 Å². The average Bonchev–Trinajstić information content (AvgIpc) is 3.22. The van der Waals surface area contributed by atoms with Gasteiger partial charge < -0.3 is 24.8 Å². The quantitative estimate of drug-likeness (QED) is 0.555. The van der Waals surface area contributed by atoms with E-state index < -0.39 is 9.84 Å². The topological polar surface area (TPSA) is 155 Å². The molecule has 1 aliphatic rings. The van der Waals surface area contributed by atoms with Gasteiger partial charge in [-0.25, -0.2) is 18.4 Å². The van der Waals surface area contributed by atoms with Gasteiger partial charge in [-0.05, 0) is 6.07 Å². The number of nitrogens with zero attached hydrogens (tertiary/aromatic N) is 4. The van der Waals surface area contributed by atoms with Gasteiger partial charge in [0.05, 0.1) is 18.5 Å². The van der Waals surface area contributed by atoms with Gasteiger partial charge in [-0.2, -0.15) is 0 Å². The molecule has 2 N–H and O–H groups in total. The Bertz CT molecular complexity index is 1300. The molecule has 0 radical (unpaired) electrons. The standard InChI is InChI=1S/C19H18N6O6S/c1-10(26)21-15-6-13(11(8-20-15)12-4-5-16(29-2)25-24-12)22-19-18-14(30-9-31-18)7-17(23-19)32(3,27)28/h4-8H,9H2,1-3H3,(H2,20,21,22,23,26). The Hall–Kier alpha value is -4.00. The number of sulfone groups is 1. The lowest BCUT2D eigenvalue weighted by Crippen LogP contribution is -2.09. The first kappa shape index (κ1) is 21.2. The van der Waals surface area contributed by atoms with Crippen molar-refractivity contribution in [3.8, 4) is 28.6 Å². The molecular weight excluding hydrogens is 440 g/mol. The molecule has 13 heteroatoms. The number of nitrogens with one attached hydrogen (secondary N) is 2. The number of pyridine rings is 2. The van der Waals surface area contributed by atoms with Gasteiger partial charge in [-0.1, -0.05) is 0 Å². The third kappa shape index (κ3) is 4.37. The molecule has 0 saturated carbocycles. The summed E-state index contributed by atoms with van der Waals surface area (Å²) in [6.45, 7) is 1.27. The predicted molar refractivity (Wildman–Crippen MR) is 113 cm³/mol. The Balaban J connectivity index is 1.83. The Morgan fingerprint density at radius 2 is 2.00 bits per heavy atom. The van der Waals surface area contributed by atoms with E-state index in [1.54, 1.807) is 18.2 Å². The zero-order chi connectivity index (χ0) is 22.9. The van der Waals surface area contributed by atoms with Crippen LogP contribution in [0.1, 0.15) is 6.92 Å². The number of fused-ring (bicyclic) bond motifs is 1. The van der Waals surface area contributed by atoms with E-state index in [4.69, 9.17) is 14.2 Å². The first-order valence-electron chi connectivity index (χ1n) is 9.18. The first-order valence-corrected chi connectivity index (χ1v) is 11.1. The Morgan fingerprint density at radius 1 is 1.19 bits per heavy atom. The fourth-order valence-electron chi connectivity index (χ4n) is 2.87. The molecule has 32 heavy (non-hydrogen) atoms. The van der Waals surface area contributed by atoms with Gasteiger partial charge >= 0.3 is 0 Å². The van der Waals surface area contributed by atoms with Crippen molar-refractivity contribution in [1.29, 1.82) is 0 Å². The zero-order valence-corrected chi connectivity index (χ0v) is 18.1. The summed E-state index contributed by atoms with van der Waals surface area (Å²) in [6.07, 6.45) is 2.53. The van der Waals surface area contributed by atoms with Crippen molar-refractivity contribution in [2.45, 2.75) is 11.9 Å². The number of amides is 1. The van der Waals surface area contributed by atoms with Crippen LogP contribution < -0.4 is 24.8 Å². The van der Waals surface area contributed by atoms with Gasteiger partial charge in [-0.3, -0.25) is 4.79 Å². The number of hydrogen-bond acceptors (Lipinski definition) is 11. The summed E-state index contributed by atoms with van der Waals surface area (Å²) in [5.41, 5.74) is 1.37. The molecule has 0 aliphatic carbocycles.